The van der Waals surface area contributed by atoms with Crippen molar-refractivity contribution in [1.82, 2.24) is 20.2 Å². The minimum absolute atomic E-state index is 0.118. The van der Waals surface area contributed by atoms with Crippen molar-refractivity contribution in [2.75, 3.05) is 32.1 Å². The van der Waals surface area contributed by atoms with Crippen LogP contribution in [-0.2, 0) is 6.54 Å². The zero-order chi connectivity index (χ0) is 15.5. The van der Waals surface area contributed by atoms with Crippen LogP contribution in [-0.4, -0.2) is 53.6 Å². The summed E-state index contributed by atoms with van der Waals surface area (Å²) >= 11 is 0. The third kappa shape index (κ3) is 4.93. The lowest BCUT2D eigenvalue weighted by Crippen LogP contribution is -2.42. The third-order valence-electron chi connectivity index (χ3n) is 3.99. The summed E-state index contributed by atoms with van der Waals surface area (Å²) < 4.78 is 0. The Hall–Kier alpha value is -1.20. The largest absolute Gasteiger partial charge is 0.341 e. The van der Waals surface area contributed by atoms with Crippen LogP contribution in [0.25, 0.3) is 0 Å². The summed E-state index contributed by atoms with van der Waals surface area (Å²) in [6.07, 6.45) is 6.26. The predicted octanol–water partition coefficient (Wildman–Crippen LogP) is 1.90. The fourth-order valence-electron chi connectivity index (χ4n) is 2.55. The molecule has 0 radical (unpaired) electrons. The van der Waals surface area contributed by atoms with Crippen molar-refractivity contribution in [3.63, 3.8) is 0 Å². The molecule has 5 heteroatoms. The minimum Gasteiger partial charge on any atom is -0.341 e. The molecule has 21 heavy (non-hydrogen) atoms. The van der Waals surface area contributed by atoms with Gasteiger partial charge in [0.1, 0.15) is 0 Å². The molecule has 1 saturated heterocycles. The standard InChI is InChI=1S/C16H29N5/c1-16(2,3)19-12-13-10-17-15(18-11-13)21-8-6-14(7-9-21)20(4)5/h10-11,14,19H,6-9,12H2,1-5H3. The molecule has 1 aliphatic heterocycles. The van der Waals surface area contributed by atoms with Gasteiger partial charge in [-0.1, -0.05) is 0 Å². The van der Waals surface area contributed by atoms with E-state index < -0.39 is 0 Å². The number of aromatic nitrogens is 2. The fraction of sp³-hybridized carbons (Fsp3) is 0.750. The summed E-state index contributed by atoms with van der Waals surface area (Å²) in [7, 11) is 4.32. The van der Waals surface area contributed by atoms with Crippen LogP contribution >= 0.6 is 0 Å². The molecule has 1 aliphatic rings. The molecule has 0 atom stereocenters. The molecule has 1 N–H and O–H groups in total. The molecule has 2 rings (SSSR count). The number of nitrogens with one attached hydrogen (secondary N) is 1. The summed E-state index contributed by atoms with van der Waals surface area (Å²) in [4.78, 5) is 13.7. The van der Waals surface area contributed by atoms with E-state index in [0.717, 1.165) is 31.1 Å². The van der Waals surface area contributed by atoms with Crippen LogP contribution in [0.5, 0.6) is 0 Å². The molecule has 5 nitrogen and oxygen atoms in total. The maximum absolute atomic E-state index is 4.53. The maximum Gasteiger partial charge on any atom is 0.225 e. The Kier molecular flexibility index (Phi) is 5.17. The van der Waals surface area contributed by atoms with E-state index in [9.17, 15) is 0 Å². The van der Waals surface area contributed by atoms with E-state index in [4.69, 9.17) is 0 Å². The van der Waals surface area contributed by atoms with Crippen LogP contribution in [0.3, 0.4) is 0 Å². The molecule has 1 aromatic rings. The van der Waals surface area contributed by atoms with Gasteiger partial charge in [0.2, 0.25) is 5.95 Å². The molecule has 1 aromatic heterocycles. The highest BCUT2D eigenvalue weighted by Crippen LogP contribution is 2.18. The molecule has 1 fully saturated rings. The molecule has 118 valence electrons. The molecular formula is C16H29N5. The highest BCUT2D eigenvalue weighted by atomic mass is 15.3. The first-order chi connectivity index (χ1) is 9.85. The highest BCUT2D eigenvalue weighted by Gasteiger charge is 2.22. The van der Waals surface area contributed by atoms with E-state index in [1.807, 2.05) is 12.4 Å². The van der Waals surface area contributed by atoms with Crippen LogP contribution < -0.4 is 10.2 Å². The summed E-state index contributed by atoms with van der Waals surface area (Å²) in [6, 6.07) is 0.691. The first kappa shape index (κ1) is 16.2. The average Bonchev–Trinajstić information content (AvgIpc) is 2.45. The molecular weight excluding hydrogens is 262 g/mol. The van der Waals surface area contributed by atoms with Gasteiger partial charge in [-0.15, -0.1) is 0 Å². The second kappa shape index (κ2) is 6.71. The Morgan fingerprint density at radius 1 is 1.19 bits per heavy atom. The van der Waals surface area contributed by atoms with Crippen LogP contribution in [0.4, 0.5) is 5.95 Å². The Balaban J connectivity index is 1.88. The number of hydrogen-bond acceptors (Lipinski definition) is 5. The summed E-state index contributed by atoms with van der Waals surface area (Å²) in [5, 5.41) is 3.46. The lowest BCUT2D eigenvalue weighted by atomic mass is 10.0. The minimum atomic E-state index is 0.118. The van der Waals surface area contributed by atoms with Crippen LogP contribution in [0, 0.1) is 0 Å². The number of piperidine rings is 1. The predicted molar refractivity (Wildman–Crippen MR) is 87.5 cm³/mol. The molecule has 0 aliphatic carbocycles. The SMILES string of the molecule is CN(C)C1CCN(c2ncc(CNC(C)(C)C)cn2)CC1. The Morgan fingerprint density at radius 3 is 2.24 bits per heavy atom. The van der Waals surface area contributed by atoms with Crippen LogP contribution in [0.1, 0.15) is 39.2 Å². The molecule has 0 unspecified atom stereocenters. The zero-order valence-corrected chi connectivity index (χ0v) is 14.1. The van der Waals surface area contributed by atoms with Gasteiger partial charge in [-0.3, -0.25) is 0 Å². The van der Waals surface area contributed by atoms with E-state index in [1.165, 1.54) is 12.8 Å². The van der Waals surface area contributed by atoms with E-state index in [0.29, 0.717) is 6.04 Å². The average molecular weight is 291 g/mol. The van der Waals surface area contributed by atoms with Gasteiger partial charge in [-0.05, 0) is 47.7 Å². The number of anilines is 1. The van der Waals surface area contributed by atoms with Crippen LogP contribution in [0.15, 0.2) is 12.4 Å². The van der Waals surface area contributed by atoms with Gasteiger partial charge < -0.3 is 15.1 Å². The first-order valence-corrected chi connectivity index (χ1v) is 7.82. The molecule has 0 saturated carbocycles. The second-order valence-corrected chi connectivity index (χ2v) is 7.18. The smallest absolute Gasteiger partial charge is 0.225 e. The fourth-order valence-corrected chi connectivity index (χ4v) is 2.55. The third-order valence-corrected chi connectivity index (χ3v) is 3.99. The van der Waals surface area contributed by atoms with Crippen molar-refractivity contribution in [3.8, 4) is 0 Å². The van der Waals surface area contributed by atoms with Gasteiger partial charge in [0.25, 0.3) is 0 Å². The van der Waals surface area contributed by atoms with Crippen LogP contribution in [0.2, 0.25) is 0 Å². The van der Waals surface area contributed by atoms with Crippen molar-refractivity contribution in [1.29, 1.82) is 0 Å². The molecule has 0 spiro atoms. The van der Waals surface area contributed by atoms with Gasteiger partial charge in [-0.25, -0.2) is 9.97 Å². The quantitative estimate of drug-likeness (QED) is 0.918. The highest BCUT2D eigenvalue weighted by molar-refractivity contribution is 5.30. The van der Waals surface area contributed by atoms with Gasteiger partial charge in [0, 0.05) is 49.2 Å². The monoisotopic (exact) mass is 291 g/mol. The Morgan fingerprint density at radius 2 is 1.76 bits per heavy atom. The van der Waals surface area contributed by atoms with E-state index >= 15 is 0 Å². The molecule has 0 amide bonds. The summed E-state index contributed by atoms with van der Waals surface area (Å²) in [5.74, 6) is 0.867. The maximum atomic E-state index is 4.53. The van der Waals surface area contributed by atoms with Gasteiger partial charge in [0.05, 0.1) is 0 Å². The summed E-state index contributed by atoms with van der Waals surface area (Å²) in [5.41, 5.74) is 1.25. The number of rotatable bonds is 4. The van der Waals surface area contributed by atoms with Crippen molar-refractivity contribution in [3.05, 3.63) is 18.0 Å². The molecule has 2 heterocycles. The van der Waals surface area contributed by atoms with E-state index in [-0.39, 0.29) is 5.54 Å². The Labute approximate surface area is 128 Å². The van der Waals surface area contributed by atoms with E-state index in [1.54, 1.807) is 0 Å². The molecule has 0 aromatic carbocycles. The van der Waals surface area contributed by atoms with Crippen molar-refractivity contribution in [2.24, 2.45) is 0 Å². The zero-order valence-electron chi connectivity index (χ0n) is 14.1. The van der Waals surface area contributed by atoms with Crippen molar-refractivity contribution in [2.45, 2.75) is 51.7 Å². The van der Waals surface area contributed by atoms with E-state index in [2.05, 4.69) is 60.0 Å². The summed E-state index contributed by atoms with van der Waals surface area (Å²) in [6.45, 7) is 9.39. The van der Waals surface area contributed by atoms with Crippen molar-refractivity contribution < 1.29 is 0 Å². The second-order valence-electron chi connectivity index (χ2n) is 7.18. The van der Waals surface area contributed by atoms with Gasteiger partial charge in [0.15, 0.2) is 0 Å². The first-order valence-electron chi connectivity index (χ1n) is 7.82. The number of nitrogens with zero attached hydrogens (tertiary/aromatic N) is 4. The van der Waals surface area contributed by atoms with Gasteiger partial charge in [-0.2, -0.15) is 0 Å². The van der Waals surface area contributed by atoms with Gasteiger partial charge >= 0.3 is 0 Å². The number of hydrogen-bond donors (Lipinski definition) is 1. The lowest BCUT2D eigenvalue weighted by Gasteiger charge is -2.35. The topological polar surface area (TPSA) is 44.3 Å². The van der Waals surface area contributed by atoms with Crippen molar-refractivity contribution >= 4 is 5.95 Å². The Bertz CT molecular complexity index is 427. The molecule has 0 bridgehead atoms. The lowest BCUT2D eigenvalue weighted by molar-refractivity contribution is 0.249. The normalized spacial score (nSPS) is 17.5.